The Kier molecular flexibility index (Phi) is 6.16. The summed E-state index contributed by atoms with van der Waals surface area (Å²) in [5.74, 6) is -5.99. The molecule has 0 saturated heterocycles. The first-order chi connectivity index (χ1) is 15.9. The lowest BCUT2D eigenvalue weighted by Gasteiger charge is -2.07. The van der Waals surface area contributed by atoms with E-state index in [9.17, 15) is 22.8 Å². The van der Waals surface area contributed by atoms with E-state index in [2.05, 4.69) is 20.7 Å². The summed E-state index contributed by atoms with van der Waals surface area (Å²) in [6.45, 7) is -0.572. The molecular formula is C23H16F3N5O2. The van der Waals surface area contributed by atoms with Crippen molar-refractivity contribution >= 4 is 17.5 Å². The first-order valence-electron chi connectivity index (χ1n) is 9.73. The van der Waals surface area contributed by atoms with E-state index < -0.39 is 41.5 Å². The van der Waals surface area contributed by atoms with Crippen molar-refractivity contribution in [3.63, 3.8) is 0 Å². The zero-order valence-electron chi connectivity index (χ0n) is 16.9. The lowest BCUT2D eigenvalue weighted by atomic mass is 10.2. The van der Waals surface area contributed by atoms with Gasteiger partial charge in [-0.3, -0.25) is 9.59 Å². The molecule has 0 aliphatic rings. The van der Waals surface area contributed by atoms with Gasteiger partial charge in [-0.2, -0.15) is 0 Å². The van der Waals surface area contributed by atoms with Crippen LogP contribution in [0.1, 0.15) is 10.6 Å². The molecule has 0 spiro atoms. The highest BCUT2D eigenvalue weighted by Gasteiger charge is 2.20. The fourth-order valence-electron chi connectivity index (χ4n) is 2.99. The molecule has 3 aromatic carbocycles. The summed E-state index contributed by atoms with van der Waals surface area (Å²) < 4.78 is 41.5. The van der Waals surface area contributed by atoms with Crippen LogP contribution in [0.15, 0.2) is 72.8 Å². The molecule has 0 fully saturated rings. The van der Waals surface area contributed by atoms with Crippen molar-refractivity contribution in [1.82, 2.24) is 20.1 Å². The molecule has 0 atom stereocenters. The molecule has 2 amide bonds. The molecule has 0 saturated carbocycles. The molecule has 1 heterocycles. The summed E-state index contributed by atoms with van der Waals surface area (Å²) in [6.07, 6.45) is 0. The number of carbonyl (C=O) groups excluding carboxylic acids is 2. The monoisotopic (exact) mass is 451 g/mol. The highest BCUT2D eigenvalue weighted by molar-refractivity contribution is 5.97. The Morgan fingerprint density at radius 3 is 2.21 bits per heavy atom. The predicted octanol–water partition coefficient (Wildman–Crippen LogP) is 3.72. The molecule has 0 aliphatic heterocycles. The van der Waals surface area contributed by atoms with Gasteiger partial charge in [0, 0.05) is 5.56 Å². The van der Waals surface area contributed by atoms with E-state index in [4.69, 9.17) is 0 Å². The summed E-state index contributed by atoms with van der Waals surface area (Å²) in [4.78, 5) is 29.0. The van der Waals surface area contributed by atoms with Crippen molar-refractivity contribution in [2.24, 2.45) is 0 Å². The third kappa shape index (κ3) is 4.74. The minimum absolute atomic E-state index is 0.190. The molecular weight excluding hydrogens is 435 g/mol. The number of rotatable bonds is 6. The van der Waals surface area contributed by atoms with Crippen LogP contribution in [-0.2, 0) is 4.79 Å². The Morgan fingerprint density at radius 1 is 0.848 bits per heavy atom. The smallest absolute Gasteiger partial charge is 0.291 e. The molecule has 0 radical (unpaired) electrons. The fraction of sp³-hybridized carbons (Fsp3) is 0.0435. The number of carbonyl (C=O) groups is 2. The van der Waals surface area contributed by atoms with Gasteiger partial charge in [0.2, 0.25) is 11.7 Å². The summed E-state index contributed by atoms with van der Waals surface area (Å²) in [7, 11) is 0. The second-order valence-electron chi connectivity index (χ2n) is 6.83. The quantitative estimate of drug-likeness (QED) is 0.438. The Labute approximate surface area is 185 Å². The summed E-state index contributed by atoms with van der Waals surface area (Å²) in [6, 6.07) is 19.7. The SMILES string of the molecule is O=C(CNC(=O)c1nc(-c2ccccc2)n(-c2ccccc2)n1)Nc1ccc(F)c(F)c1F. The fourth-order valence-corrected chi connectivity index (χ4v) is 2.99. The van der Waals surface area contributed by atoms with Crippen LogP contribution in [0.5, 0.6) is 0 Å². The van der Waals surface area contributed by atoms with Crippen LogP contribution < -0.4 is 10.6 Å². The van der Waals surface area contributed by atoms with Crippen molar-refractivity contribution in [3.8, 4) is 17.1 Å². The summed E-state index contributed by atoms with van der Waals surface area (Å²) in [5, 5.41) is 8.67. The van der Waals surface area contributed by atoms with Gasteiger partial charge in [0.25, 0.3) is 5.91 Å². The maximum absolute atomic E-state index is 13.7. The van der Waals surface area contributed by atoms with E-state index in [-0.39, 0.29) is 5.82 Å². The molecule has 0 aliphatic carbocycles. The molecule has 1 aromatic heterocycles. The van der Waals surface area contributed by atoms with Crippen LogP contribution in [0.4, 0.5) is 18.9 Å². The Hall–Kier alpha value is -4.47. The molecule has 166 valence electrons. The summed E-state index contributed by atoms with van der Waals surface area (Å²) >= 11 is 0. The van der Waals surface area contributed by atoms with Crippen LogP contribution in [0, 0.1) is 17.5 Å². The number of benzene rings is 3. The number of nitrogens with one attached hydrogen (secondary N) is 2. The maximum atomic E-state index is 13.7. The topological polar surface area (TPSA) is 88.9 Å². The predicted molar refractivity (Wildman–Crippen MR) is 114 cm³/mol. The first-order valence-corrected chi connectivity index (χ1v) is 9.73. The van der Waals surface area contributed by atoms with Gasteiger partial charge in [-0.05, 0) is 24.3 Å². The van der Waals surface area contributed by atoms with Gasteiger partial charge in [-0.1, -0.05) is 48.5 Å². The second-order valence-corrected chi connectivity index (χ2v) is 6.83. The normalized spacial score (nSPS) is 10.6. The first kappa shape index (κ1) is 21.8. The zero-order valence-corrected chi connectivity index (χ0v) is 16.9. The van der Waals surface area contributed by atoms with Crippen LogP contribution in [0.3, 0.4) is 0 Å². The zero-order chi connectivity index (χ0) is 23.4. The van der Waals surface area contributed by atoms with Crippen LogP contribution in [-0.4, -0.2) is 33.1 Å². The number of hydrogen-bond donors (Lipinski definition) is 2. The molecule has 0 unspecified atom stereocenters. The molecule has 0 bridgehead atoms. The highest BCUT2D eigenvalue weighted by Crippen LogP contribution is 2.21. The van der Waals surface area contributed by atoms with Crippen molar-refractivity contribution in [2.45, 2.75) is 0 Å². The number of amides is 2. The van der Waals surface area contributed by atoms with E-state index in [0.717, 1.165) is 11.6 Å². The number of halogens is 3. The van der Waals surface area contributed by atoms with E-state index in [1.54, 1.807) is 12.1 Å². The van der Waals surface area contributed by atoms with E-state index in [1.165, 1.54) is 4.68 Å². The minimum atomic E-state index is -1.71. The summed E-state index contributed by atoms with van der Waals surface area (Å²) in [5.41, 5.74) is 0.847. The van der Waals surface area contributed by atoms with Gasteiger partial charge >= 0.3 is 0 Å². The highest BCUT2D eigenvalue weighted by atomic mass is 19.2. The Bertz CT molecular complexity index is 1250. The largest absolute Gasteiger partial charge is 0.340 e. The van der Waals surface area contributed by atoms with Crippen LogP contribution in [0.2, 0.25) is 0 Å². The van der Waals surface area contributed by atoms with Gasteiger partial charge in [0.05, 0.1) is 17.9 Å². The molecule has 4 rings (SSSR count). The number of para-hydroxylation sites is 1. The average molecular weight is 451 g/mol. The lowest BCUT2D eigenvalue weighted by Crippen LogP contribution is -2.33. The van der Waals surface area contributed by atoms with Crippen molar-refractivity contribution < 1.29 is 22.8 Å². The molecule has 4 aromatic rings. The van der Waals surface area contributed by atoms with E-state index in [0.29, 0.717) is 17.6 Å². The van der Waals surface area contributed by atoms with Crippen molar-refractivity contribution in [1.29, 1.82) is 0 Å². The lowest BCUT2D eigenvalue weighted by molar-refractivity contribution is -0.115. The Balaban J connectivity index is 1.51. The minimum Gasteiger partial charge on any atom is -0.340 e. The standard InChI is InChI=1S/C23H16F3N5O2/c24-16-11-12-17(20(26)19(16)25)28-18(32)13-27-23(33)21-29-22(14-7-3-1-4-8-14)31(30-21)15-9-5-2-6-10-15/h1-12H,13H2,(H,27,33)(H,28,32). The number of nitrogens with zero attached hydrogens (tertiary/aromatic N) is 3. The molecule has 2 N–H and O–H groups in total. The van der Waals surface area contributed by atoms with Gasteiger partial charge < -0.3 is 10.6 Å². The van der Waals surface area contributed by atoms with Gasteiger partial charge in [0.1, 0.15) is 0 Å². The van der Waals surface area contributed by atoms with E-state index >= 15 is 0 Å². The number of hydrogen-bond acceptors (Lipinski definition) is 4. The molecule has 7 nitrogen and oxygen atoms in total. The Morgan fingerprint density at radius 2 is 1.52 bits per heavy atom. The number of anilines is 1. The van der Waals surface area contributed by atoms with Crippen LogP contribution in [0.25, 0.3) is 17.1 Å². The molecule has 10 heteroatoms. The third-order valence-electron chi connectivity index (χ3n) is 4.56. The van der Waals surface area contributed by atoms with E-state index in [1.807, 2.05) is 48.5 Å². The van der Waals surface area contributed by atoms with Crippen molar-refractivity contribution in [3.05, 3.63) is 96.1 Å². The number of aromatic nitrogens is 3. The maximum Gasteiger partial charge on any atom is 0.291 e. The second kappa shape index (κ2) is 9.35. The third-order valence-corrected chi connectivity index (χ3v) is 4.56. The van der Waals surface area contributed by atoms with Gasteiger partial charge in [-0.25, -0.2) is 22.8 Å². The van der Waals surface area contributed by atoms with Gasteiger partial charge in [0.15, 0.2) is 23.3 Å². The van der Waals surface area contributed by atoms with Crippen molar-refractivity contribution in [2.75, 3.05) is 11.9 Å². The van der Waals surface area contributed by atoms with Gasteiger partial charge in [-0.15, -0.1) is 5.10 Å². The molecule has 33 heavy (non-hydrogen) atoms. The average Bonchev–Trinajstić information content (AvgIpc) is 3.30. The van der Waals surface area contributed by atoms with Crippen LogP contribution >= 0.6 is 0 Å².